The monoisotopic (exact) mass is 292 g/mol. The highest BCUT2D eigenvalue weighted by Gasteiger charge is 2.23. The summed E-state index contributed by atoms with van der Waals surface area (Å²) >= 11 is 0. The van der Waals surface area contributed by atoms with Gasteiger partial charge in [0.15, 0.2) is 0 Å². The molecule has 104 valence electrons. The van der Waals surface area contributed by atoms with E-state index in [0.29, 0.717) is 5.56 Å². The molecule has 5 nitrogen and oxygen atoms in total. The van der Waals surface area contributed by atoms with E-state index in [1.54, 1.807) is 24.3 Å². The molecule has 0 atom stereocenters. The lowest BCUT2D eigenvalue weighted by molar-refractivity contribution is 0.0736. The number of benzene rings is 2. The minimum atomic E-state index is -4.49. The zero-order valence-corrected chi connectivity index (χ0v) is 11.6. The Morgan fingerprint density at radius 1 is 1.05 bits per heavy atom. The summed E-state index contributed by atoms with van der Waals surface area (Å²) in [5, 5.41) is -0.305. The number of ether oxygens (including phenoxy) is 1. The Kier molecular flexibility index (Phi) is 4.04. The molecule has 2 N–H and O–H groups in total. The first-order valence-electron chi connectivity index (χ1n) is 5.82. The van der Waals surface area contributed by atoms with Crippen LogP contribution in [0.25, 0.3) is 0 Å². The van der Waals surface area contributed by atoms with Gasteiger partial charge in [-0.1, -0.05) is 29.8 Å². The summed E-state index contributed by atoms with van der Waals surface area (Å²) < 4.78 is 16.4. The molecule has 0 heterocycles. The highest BCUT2D eigenvalue weighted by molar-refractivity contribution is 7.60. The van der Waals surface area contributed by atoms with E-state index in [0.717, 1.165) is 5.56 Å². The number of esters is 1. The van der Waals surface area contributed by atoms with Gasteiger partial charge in [0, 0.05) is 0 Å². The van der Waals surface area contributed by atoms with Crippen LogP contribution >= 0.6 is 7.60 Å². The molecule has 2 aromatic carbocycles. The van der Waals surface area contributed by atoms with Crippen LogP contribution in [0.15, 0.2) is 48.5 Å². The van der Waals surface area contributed by atoms with Crippen LogP contribution in [-0.4, -0.2) is 15.8 Å². The standard InChI is InChI=1S/C14H13O5P/c1-10-6-8-11(9-7-10)14(15)19-12-4-2-3-5-13(12)20(16,17)18/h2-9H,1H3,(H2,16,17,18). The Balaban J connectivity index is 2.29. The molecular weight excluding hydrogens is 279 g/mol. The number of carbonyl (C=O) groups is 1. The van der Waals surface area contributed by atoms with E-state index in [2.05, 4.69) is 0 Å². The van der Waals surface area contributed by atoms with Gasteiger partial charge in [0.05, 0.1) is 5.56 Å². The van der Waals surface area contributed by atoms with E-state index in [-0.39, 0.29) is 11.1 Å². The van der Waals surface area contributed by atoms with Crippen molar-refractivity contribution in [3.05, 3.63) is 59.7 Å². The molecule has 6 heteroatoms. The molecule has 2 rings (SSSR count). The third-order valence-corrected chi connectivity index (χ3v) is 3.67. The topological polar surface area (TPSA) is 83.8 Å². The largest absolute Gasteiger partial charge is 0.422 e. The fraction of sp³-hybridized carbons (Fsp3) is 0.0714. The molecule has 0 aliphatic carbocycles. The highest BCUT2D eigenvalue weighted by atomic mass is 31.2. The molecule has 0 aromatic heterocycles. The molecule has 0 radical (unpaired) electrons. The fourth-order valence-electron chi connectivity index (χ4n) is 1.63. The molecule has 0 bridgehead atoms. The molecule has 0 fully saturated rings. The lowest BCUT2D eigenvalue weighted by atomic mass is 10.1. The Labute approximate surface area is 116 Å². The third-order valence-electron chi connectivity index (χ3n) is 2.67. The molecule has 0 aliphatic rings. The van der Waals surface area contributed by atoms with E-state index in [1.165, 1.54) is 24.3 Å². The van der Waals surface area contributed by atoms with Crippen molar-refractivity contribution in [3.63, 3.8) is 0 Å². The number of hydrogen-bond acceptors (Lipinski definition) is 3. The maximum atomic E-state index is 11.9. The predicted octanol–water partition coefficient (Wildman–Crippen LogP) is 2.02. The van der Waals surface area contributed by atoms with E-state index < -0.39 is 13.6 Å². The highest BCUT2D eigenvalue weighted by Crippen LogP contribution is 2.37. The van der Waals surface area contributed by atoms with Crippen LogP contribution in [-0.2, 0) is 4.57 Å². The Morgan fingerprint density at radius 3 is 2.25 bits per heavy atom. The molecule has 0 unspecified atom stereocenters. The second kappa shape index (κ2) is 5.59. The zero-order valence-electron chi connectivity index (χ0n) is 10.7. The molecule has 2 aromatic rings. The lowest BCUT2D eigenvalue weighted by Crippen LogP contribution is -2.15. The van der Waals surface area contributed by atoms with Crippen molar-refractivity contribution in [2.24, 2.45) is 0 Å². The fourth-order valence-corrected chi connectivity index (χ4v) is 2.32. The lowest BCUT2D eigenvalue weighted by Gasteiger charge is -2.10. The Bertz CT molecular complexity index is 672. The van der Waals surface area contributed by atoms with Crippen LogP contribution < -0.4 is 10.0 Å². The van der Waals surface area contributed by atoms with Crippen molar-refractivity contribution in [2.75, 3.05) is 0 Å². The van der Waals surface area contributed by atoms with Crippen LogP contribution in [0, 0.1) is 6.92 Å². The van der Waals surface area contributed by atoms with E-state index in [4.69, 9.17) is 4.74 Å². The summed E-state index contributed by atoms with van der Waals surface area (Å²) in [6, 6.07) is 12.3. The summed E-state index contributed by atoms with van der Waals surface area (Å²) in [4.78, 5) is 30.3. The summed E-state index contributed by atoms with van der Waals surface area (Å²) in [6.07, 6.45) is 0. The van der Waals surface area contributed by atoms with Gasteiger partial charge in [-0.05, 0) is 31.2 Å². The van der Waals surface area contributed by atoms with Gasteiger partial charge in [-0.2, -0.15) is 0 Å². The van der Waals surface area contributed by atoms with Crippen LogP contribution in [0.1, 0.15) is 15.9 Å². The Hall–Kier alpha value is -1.94. The first-order valence-corrected chi connectivity index (χ1v) is 7.43. The molecule has 0 saturated heterocycles. The van der Waals surface area contributed by atoms with Crippen LogP contribution in [0.2, 0.25) is 0 Å². The SMILES string of the molecule is Cc1ccc(C(=O)Oc2ccccc2P(=O)(O)O)cc1. The molecule has 0 spiro atoms. The van der Waals surface area contributed by atoms with Crippen LogP contribution in [0.5, 0.6) is 5.75 Å². The average molecular weight is 292 g/mol. The van der Waals surface area contributed by atoms with Crippen molar-refractivity contribution in [1.29, 1.82) is 0 Å². The first kappa shape index (κ1) is 14.5. The Morgan fingerprint density at radius 2 is 1.65 bits per heavy atom. The van der Waals surface area contributed by atoms with Crippen molar-refractivity contribution >= 4 is 18.9 Å². The van der Waals surface area contributed by atoms with Crippen LogP contribution in [0.3, 0.4) is 0 Å². The van der Waals surface area contributed by atoms with Gasteiger partial charge >= 0.3 is 13.6 Å². The smallest absolute Gasteiger partial charge is 0.359 e. The van der Waals surface area contributed by atoms with Gasteiger partial charge < -0.3 is 14.5 Å². The summed E-state index contributed by atoms with van der Waals surface area (Å²) in [5.41, 5.74) is 1.31. The second-order valence-electron chi connectivity index (χ2n) is 4.27. The number of hydrogen-bond donors (Lipinski definition) is 2. The number of rotatable bonds is 3. The molecule has 0 aliphatic heterocycles. The number of para-hydroxylation sites is 1. The van der Waals surface area contributed by atoms with E-state index in [1.807, 2.05) is 6.92 Å². The molecule has 20 heavy (non-hydrogen) atoms. The molecule has 0 amide bonds. The predicted molar refractivity (Wildman–Crippen MR) is 74.3 cm³/mol. The van der Waals surface area contributed by atoms with Crippen molar-refractivity contribution in [2.45, 2.75) is 6.92 Å². The first-order chi connectivity index (χ1) is 9.38. The average Bonchev–Trinajstić information content (AvgIpc) is 2.38. The minimum absolute atomic E-state index is 0.133. The van der Waals surface area contributed by atoms with Gasteiger partial charge in [-0.3, -0.25) is 4.57 Å². The normalized spacial score (nSPS) is 11.2. The maximum absolute atomic E-state index is 11.9. The van der Waals surface area contributed by atoms with E-state index >= 15 is 0 Å². The quantitative estimate of drug-likeness (QED) is 0.513. The molecule has 0 saturated carbocycles. The third kappa shape index (κ3) is 3.33. The van der Waals surface area contributed by atoms with Gasteiger partial charge in [-0.25, -0.2) is 4.79 Å². The van der Waals surface area contributed by atoms with Crippen LogP contribution in [0.4, 0.5) is 0 Å². The van der Waals surface area contributed by atoms with Crippen molar-refractivity contribution in [3.8, 4) is 5.75 Å². The second-order valence-corrected chi connectivity index (χ2v) is 5.84. The van der Waals surface area contributed by atoms with Gasteiger partial charge in [0.1, 0.15) is 11.1 Å². The summed E-state index contributed by atoms with van der Waals surface area (Å²) in [7, 11) is -4.49. The summed E-state index contributed by atoms with van der Waals surface area (Å²) in [6.45, 7) is 1.89. The van der Waals surface area contributed by atoms with E-state index in [9.17, 15) is 19.1 Å². The van der Waals surface area contributed by atoms with Crippen molar-refractivity contribution in [1.82, 2.24) is 0 Å². The van der Waals surface area contributed by atoms with Gasteiger partial charge in [-0.15, -0.1) is 0 Å². The number of aryl methyl sites for hydroxylation is 1. The van der Waals surface area contributed by atoms with Gasteiger partial charge in [0.2, 0.25) is 0 Å². The van der Waals surface area contributed by atoms with Crippen molar-refractivity contribution < 1.29 is 23.9 Å². The maximum Gasteiger partial charge on any atom is 0.359 e. The minimum Gasteiger partial charge on any atom is -0.422 e. The zero-order chi connectivity index (χ0) is 14.8. The van der Waals surface area contributed by atoms with Gasteiger partial charge in [0.25, 0.3) is 0 Å². The number of carbonyl (C=O) groups excluding carboxylic acids is 1. The summed E-state index contributed by atoms with van der Waals surface area (Å²) in [5.74, 6) is -0.794. The molecular formula is C14H13O5P.